The minimum absolute atomic E-state index is 0.0764. The number of benzene rings is 2. The Kier molecular flexibility index (Phi) is 6.98. The van der Waals surface area contributed by atoms with E-state index in [1.165, 1.54) is 29.2 Å². The summed E-state index contributed by atoms with van der Waals surface area (Å²) in [5.41, 5.74) is 0.999. The van der Waals surface area contributed by atoms with Crippen molar-refractivity contribution in [2.45, 2.75) is 0 Å². The number of amides is 2. The van der Waals surface area contributed by atoms with Gasteiger partial charge in [-0.25, -0.2) is 0 Å². The van der Waals surface area contributed by atoms with E-state index >= 15 is 0 Å². The Hall–Kier alpha value is -4.25. The van der Waals surface area contributed by atoms with Crippen LogP contribution >= 0.6 is 0 Å². The Bertz CT molecular complexity index is 1030. The largest absolute Gasteiger partial charge is 0.345 e. The fraction of sp³-hybridized carbons (Fsp3) is 0.0952. The van der Waals surface area contributed by atoms with Gasteiger partial charge in [0, 0.05) is 31.4 Å². The molecule has 1 N–H and O–H groups in total. The molecule has 0 radical (unpaired) electrons. The lowest BCUT2D eigenvalue weighted by molar-refractivity contribution is -0.385. The minimum Gasteiger partial charge on any atom is -0.345 e. The topological polar surface area (TPSA) is 116 Å². The van der Waals surface area contributed by atoms with Gasteiger partial charge in [-0.05, 0) is 42.5 Å². The molecule has 0 saturated carbocycles. The molecule has 29 heavy (non-hydrogen) atoms. The third kappa shape index (κ3) is 5.61. The highest BCUT2D eigenvalue weighted by molar-refractivity contribution is 6.07. The number of rotatable bonds is 6. The molecule has 0 aliphatic carbocycles. The first-order valence-electron chi connectivity index (χ1n) is 8.48. The summed E-state index contributed by atoms with van der Waals surface area (Å²) in [6.07, 6.45) is 4.12. The van der Waals surface area contributed by atoms with E-state index in [9.17, 15) is 25.0 Å². The Labute approximate surface area is 167 Å². The van der Waals surface area contributed by atoms with E-state index in [1.807, 2.05) is 0 Å². The third-order valence-electron chi connectivity index (χ3n) is 3.83. The zero-order valence-corrected chi connectivity index (χ0v) is 15.8. The van der Waals surface area contributed by atoms with E-state index in [-0.39, 0.29) is 17.2 Å². The summed E-state index contributed by atoms with van der Waals surface area (Å²) in [6.45, 7) is 0. The highest BCUT2D eigenvalue weighted by atomic mass is 16.6. The fourth-order valence-electron chi connectivity index (χ4n) is 2.36. The summed E-state index contributed by atoms with van der Waals surface area (Å²) in [5.74, 6) is -0.799. The molecule has 146 valence electrons. The van der Waals surface area contributed by atoms with Gasteiger partial charge >= 0.3 is 0 Å². The predicted octanol–water partition coefficient (Wildman–Crippen LogP) is 3.40. The number of hydrogen-bond acceptors (Lipinski definition) is 5. The molecule has 0 heterocycles. The molecule has 2 rings (SSSR count). The van der Waals surface area contributed by atoms with E-state index < -0.39 is 10.8 Å². The maximum absolute atomic E-state index is 12.3. The van der Waals surface area contributed by atoms with Crippen LogP contribution in [0, 0.1) is 21.4 Å². The van der Waals surface area contributed by atoms with Crippen molar-refractivity contribution in [2.24, 2.45) is 0 Å². The molecule has 2 aromatic carbocycles. The molecule has 0 saturated heterocycles. The van der Waals surface area contributed by atoms with Gasteiger partial charge in [0.05, 0.1) is 10.5 Å². The minimum atomic E-state index is -0.633. The molecule has 2 aromatic rings. The number of anilines is 1. The fourth-order valence-corrected chi connectivity index (χ4v) is 2.36. The van der Waals surface area contributed by atoms with E-state index in [0.29, 0.717) is 16.8 Å². The van der Waals surface area contributed by atoms with E-state index in [2.05, 4.69) is 5.32 Å². The number of nitro groups is 1. The zero-order valence-electron chi connectivity index (χ0n) is 15.8. The Morgan fingerprint density at radius 3 is 2.38 bits per heavy atom. The molecule has 2 amide bonds. The lowest BCUT2D eigenvalue weighted by atomic mass is 10.1. The Morgan fingerprint density at radius 2 is 1.79 bits per heavy atom. The number of nitriles is 1. The molecule has 0 fully saturated rings. The average molecular weight is 390 g/mol. The smallest absolute Gasteiger partial charge is 0.276 e. The second-order valence-electron chi connectivity index (χ2n) is 6.10. The molecule has 0 aliphatic rings. The number of hydrogen-bond donors (Lipinski definition) is 1. The summed E-state index contributed by atoms with van der Waals surface area (Å²) >= 11 is 0. The van der Waals surface area contributed by atoms with Crippen molar-refractivity contribution in [1.82, 2.24) is 4.90 Å². The van der Waals surface area contributed by atoms with Crippen LogP contribution in [0.15, 0.2) is 66.3 Å². The van der Waals surface area contributed by atoms with Crippen LogP contribution in [0.5, 0.6) is 0 Å². The average Bonchev–Trinajstić information content (AvgIpc) is 2.71. The van der Waals surface area contributed by atoms with E-state index in [0.717, 1.165) is 0 Å². The second kappa shape index (κ2) is 9.62. The Balaban J connectivity index is 2.12. The molecular weight excluding hydrogens is 372 g/mol. The molecule has 0 spiro atoms. The molecule has 0 bridgehead atoms. The molecule has 8 nitrogen and oxygen atoms in total. The number of nitrogens with one attached hydrogen (secondary N) is 1. The molecular formula is C21H18N4O4. The van der Waals surface area contributed by atoms with Gasteiger partial charge < -0.3 is 10.2 Å². The van der Waals surface area contributed by atoms with Gasteiger partial charge in [0.15, 0.2) is 0 Å². The van der Waals surface area contributed by atoms with Crippen LogP contribution in [0.4, 0.5) is 11.4 Å². The first kappa shape index (κ1) is 21.1. The maximum Gasteiger partial charge on any atom is 0.276 e. The van der Waals surface area contributed by atoms with Gasteiger partial charge in [0.2, 0.25) is 0 Å². The number of nitrogens with zero attached hydrogens (tertiary/aromatic N) is 3. The van der Waals surface area contributed by atoms with Crippen molar-refractivity contribution >= 4 is 29.3 Å². The van der Waals surface area contributed by atoms with Gasteiger partial charge in [-0.2, -0.15) is 5.26 Å². The summed E-state index contributed by atoms with van der Waals surface area (Å²) in [5, 5.41) is 22.8. The van der Waals surface area contributed by atoms with Crippen LogP contribution in [0.3, 0.4) is 0 Å². The Morgan fingerprint density at radius 1 is 1.14 bits per heavy atom. The number of allylic oxidation sites excluding steroid dienone is 2. The van der Waals surface area contributed by atoms with Crippen molar-refractivity contribution in [1.29, 1.82) is 5.26 Å². The standard InChI is InChI=1S/C21H18N4O4/c1-24(2)21(27)16-10-12-18(13-11-16)23-20(26)17(14-22)8-5-7-15-6-3-4-9-19(15)25(28)29/h3-13H,1-2H3,(H,23,26)/b7-5+,17-8+. The SMILES string of the molecule is CN(C)C(=O)c1ccc(NC(=O)/C(C#N)=C/C=C/c2ccccc2[N+](=O)[O-])cc1. The van der Waals surface area contributed by atoms with Crippen molar-refractivity contribution < 1.29 is 14.5 Å². The lowest BCUT2D eigenvalue weighted by Gasteiger charge is -2.10. The van der Waals surface area contributed by atoms with Gasteiger partial charge in [0.25, 0.3) is 17.5 Å². The van der Waals surface area contributed by atoms with Crippen molar-refractivity contribution in [2.75, 3.05) is 19.4 Å². The van der Waals surface area contributed by atoms with Crippen LogP contribution in [-0.2, 0) is 4.79 Å². The monoisotopic (exact) mass is 390 g/mol. The van der Waals surface area contributed by atoms with Crippen molar-refractivity contribution in [3.63, 3.8) is 0 Å². The first-order chi connectivity index (χ1) is 13.8. The molecule has 0 unspecified atom stereocenters. The highest BCUT2D eigenvalue weighted by Gasteiger charge is 2.11. The summed E-state index contributed by atoms with van der Waals surface area (Å²) in [6, 6.07) is 14.2. The van der Waals surface area contributed by atoms with E-state index in [4.69, 9.17) is 0 Å². The quantitative estimate of drug-likeness (QED) is 0.267. The van der Waals surface area contributed by atoms with Gasteiger partial charge in [-0.15, -0.1) is 0 Å². The van der Waals surface area contributed by atoms with Crippen LogP contribution < -0.4 is 5.32 Å². The van der Waals surface area contributed by atoms with Crippen molar-refractivity contribution in [3.8, 4) is 6.07 Å². The van der Waals surface area contributed by atoms with Crippen LogP contribution in [0.2, 0.25) is 0 Å². The lowest BCUT2D eigenvalue weighted by Crippen LogP contribution is -2.21. The van der Waals surface area contributed by atoms with Gasteiger partial charge in [0.1, 0.15) is 11.6 Å². The number of carbonyl (C=O) groups excluding carboxylic acids is 2. The molecule has 8 heteroatoms. The summed E-state index contributed by atoms with van der Waals surface area (Å²) in [4.78, 5) is 36.1. The normalized spacial score (nSPS) is 11.0. The van der Waals surface area contributed by atoms with Crippen LogP contribution in [-0.4, -0.2) is 35.7 Å². The van der Waals surface area contributed by atoms with Gasteiger partial charge in [-0.1, -0.05) is 18.2 Å². The first-order valence-corrected chi connectivity index (χ1v) is 8.48. The maximum atomic E-state index is 12.3. The third-order valence-corrected chi connectivity index (χ3v) is 3.83. The summed E-state index contributed by atoms with van der Waals surface area (Å²) < 4.78 is 0. The molecule has 0 aromatic heterocycles. The summed E-state index contributed by atoms with van der Waals surface area (Å²) in [7, 11) is 3.28. The van der Waals surface area contributed by atoms with Crippen molar-refractivity contribution in [3.05, 3.63) is 87.5 Å². The van der Waals surface area contributed by atoms with Gasteiger partial charge in [-0.3, -0.25) is 19.7 Å². The number of nitro benzene ring substituents is 1. The molecule has 0 atom stereocenters. The number of carbonyl (C=O) groups is 2. The molecule has 0 aliphatic heterocycles. The van der Waals surface area contributed by atoms with Crippen LogP contribution in [0.25, 0.3) is 6.08 Å². The number of para-hydroxylation sites is 1. The van der Waals surface area contributed by atoms with E-state index in [1.54, 1.807) is 62.6 Å². The highest BCUT2D eigenvalue weighted by Crippen LogP contribution is 2.19. The van der Waals surface area contributed by atoms with Crippen LogP contribution in [0.1, 0.15) is 15.9 Å². The second-order valence-corrected chi connectivity index (χ2v) is 6.10. The zero-order chi connectivity index (χ0) is 21.4. The predicted molar refractivity (Wildman–Crippen MR) is 109 cm³/mol.